The van der Waals surface area contributed by atoms with E-state index >= 15 is 0 Å². The van der Waals surface area contributed by atoms with Crippen molar-refractivity contribution in [1.82, 2.24) is 0 Å². The van der Waals surface area contributed by atoms with Gasteiger partial charge in [0.2, 0.25) is 0 Å². The van der Waals surface area contributed by atoms with Gasteiger partial charge in [-0.3, -0.25) is 0 Å². The van der Waals surface area contributed by atoms with E-state index in [0.29, 0.717) is 11.8 Å². The Hall–Kier alpha value is -4.16. The molecule has 0 saturated heterocycles. The lowest BCUT2D eigenvalue weighted by Crippen LogP contribution is -2.25. The Morgan fingerprint density at radius 2 is 1.33 bits per heavy atom. The molecule has 0 aromatic heterocycles. The molecular weight excluding hydrogens is 432 g/mol. The predicted molar refractivity (Wildman–Crippen MR) is 153 cm³/mol. The Balaban J connectivity index is 1.50. The molecule has 172 valence electrons. The summed E-state index contributed by atoms with van der Waals surface area (Å²) in [5.41, 5.74) is 15.3. The Labute approximate surface area is 213 Å². The van der Waals surface area contributed by atoms with Gasteiger partial charge in [0.15, 0.2) is 0 Å². The number of hydrogen-bond acceptors (Lipinski definition) is 0. The van der Waals surface area contributed by atoms with E-state index in [1.807, 2.05) is 0 Å². The fourth-order valence-corrected chi connectivity index (χ4v) is 6.39. The van der Waals surface area contributed by atoms with Crippen LogP contribution in [0.1, 0.15) is 46.2 Å². The molecule has 0 heteroatoms. The Morgan fingerprint density at radius 3 is 2.06 bits per heavy atom. The van der Waals surface area contributed by atoms with Crippen LogP contribution in [0.2, 0.25) is 0 Å². The molecule has 0 nitrogen and oxygen atoms in total. The summed E-state index contributed by atoms with van der Waals surface area (Å²) in [6.07, 6.45) is 13.0. The highest BCUT2D eigenvalue weighted by Gasteiger charge is 2.38. The fourth-order valence-electron chi connectivity index (χ4n) is 6.39. The van der Waals surface area contributed by atoms with Crippen molar-refractivity contribution in [3.63, 3.8) is 0 Å². The van der Waals surface area contributed by atoms with Crippen LogP contribution in [0.3, 0.4) is 0 Å². The SMILES string of the molecule is CC1=CC(c2ccccc2)=C2C=Cc3c(Cc4ccccc4)cc(-c4ccccc4)c4c3C2C1C=C4. The van der Waals surface area contributed by atoms with Gasteiger partial charge in [0.1, 0.15) is 0 Å². The van der Waals surface area contributed by atoms with Crippen LogP contribution in [-0.2, 0) is 6.42 Å². The summed E-state index contributed by atoms with van der Waals surface area (Å²) in [6.45, 7) is 2.31. The summed E-state index contributed by atoms with van der Waals surface area (Å²) in [6, 6.07) is 35.1. The molecule has 3 aliphatic carbocycles. The first-order chi connectivity index (χ1) is 17.8. The minimum atomic E-state index is 0.350. The van der Waals surface area contributed by atoms with Crippen molar-refractivity contribution in [3.05, 3.63) is 160 Å². The third-order valence-electron chi connectivity index (χ3n) is 8.06. The minimum Gasteiger partial charge on any atom is -0.0758 e. The Morgan fingerprint density at radius 1 is 0.667 bits per heavy atom. The van der Waals surface area contributed by atoms with Crippen molar-refractivity contribution < 1.29 is 0 Å². The van der Waals surface area contributed by atoms with Crippen LogP contribution in [-0.4, -0.2) is 0 Å². The van der Waals surface area contributed by atoms with Crippen LogP contribution < -0.4 is 0 Å². The average molecular weight is 461 g/mol. The zero-order valence-electron chi connectivity index (χ0n) is 20.5. The molecule has 7 rings (SSSR count). The second-order valence-corrected chi connectivity index (χ2v) is 10.2. The van der Waals surface area contributed by atoms with Crippen LogP contribution in [0.15, 0.2) is 126 Å². The number of hydrogen-bond donors (Lipinski definition) is 0. The molecule has 0 spiro atoms. The average Bonchev–Trinajstić information content (AvgIpc) is 2.94. The molecule has 4 aromatic carbocycles. The van der Waals surface area contributed by atoms with Gasteiger partial charge < -0.3 is 0 Å². The van der Waals surface area contributed by atoms with Crippen LogP contribution >= 0.6 is 0 Å². The standard InChI is InChI=1S/C36H28/c1-24-21-33(26-13-7-3-8-14-26)31-20-18-30-28(22-25-11-5-2-6-12-25)23-34(27-15-9-4-10-16-27)32-19-17-29(24)35(31)36(30)32/h2-21,23,29,35H,22H2,1H3. The molecule has 0 saturated carbocycles. The van der Waals surface area contributed by atoms with E-state index in [0.717, 1.165) is 6.42 Å². The van der Waals surface area contributed by atoms with E-state index in [1.165, 1.54) is 61.2 Å². The zero-order chi connectivity index (χ0) is 24.1. The van der Waals surface area contributed by atoms with Gasteiger partial charge >= 0.3 is 0 Å². The maximum absolute atomic E-state index is 2.45. The first-order valence-electron chi connectivity index (χ1n) is 12.9. The van der Waals surface area contributed by atoms with E-state index in [9.17, 15) is 0 Å². The lowest BCUT2D eigenvalue weighted by atomic mass is 9.63. The van der Waals surface area contributed by atoms with E-state index in [2.05, 4.69) is 134 Å². The molecule has 2 atom stereocenters. The van der Waals surface area contributed by atoms with Gasteiger partial charge in [-0.1, -0.05) is 127 Å². The minimum absolute atomic E-state index is 0.350. The van der Waals surface area contributed by atoms with Crippen molar-refractivity contribution in [3.8, 4) is 11.1 Å². The van der Waals surface area contributed by atoms with Gasteiger partial charge in [-0.15, -0.1) is 0 Å². The molecule has 0 heterocycles. The van der Waals surface area contributed by atoms with Gasteiger partial charge in [-0.25, -0.2) is 0 Å². The number of benzene rings is 4. The molecule has 2 unspecified atom stereocenters. The predicted octanol–water partition coefficient (Wildman–Crippen LogP) is 9.11. The summed E-state index contributed by atoms with van der Waals surface area (Å²) in [5.74, 6) is 0.752. The van der Waals surface area contributed by atoms with Crippen LogP contribution in [0.5, 0.6) is 0 Å². The van der Waals surface area contributed by atoms with Crippen molar-refractivity contribution in [1.29, 1.82) is 0 Å². The third-order valence-corrected chi connectivity index (χ3v) is 8.06. The largest absolute Gasteiger partial charge is 0.0758 e. The highest BCUT2D eigenvalue weighted by atomic mass is 14.4. The van der Waals surface area contributed by atoms with Crippen LogP contribution in [0.25, 0.3) is 28.9 Å². The lowest BCUT2D eigenvalue weighted by molar-refractivity contribution is 0.632. The molecular formula is C36H28. The molecule has 0 fully saturated rings. The molecule has 0 bridgehead atoms. The second-order valence-electron chi connectivity index (χ2n) is 10.2. The lowest BCUT2D eigenvalue weighted by Gasteiger charge is -2.40. The monoisotopic (exact) mass is 460 g/mol. The first-order valence-corrected chi connectivity index (χ1v) is 12.9. The molecule has 36 heavy (non-hydrogen) atoms. The number of rotatable bonds is 4. The maximum Gasteiger partial charge on any atom is 0.0208 e. The summed E-state index contributed by atoms with van der Waals surface area (Å²) in [5, 5.41) is 0. The van der Waals surface area contributed by atoms with Gasteiger partial charge in [0.25, 0.3) is 0 Å². The molecule has 3 aliphatic rings. The van der Waals surface area contributed by atoms with Crippen molar-refractivity contribution in [2.24, 2.45) is 5.92 Å². The molecule has 0 amide bonds. The fraction of sp³-hybridized carbons (Fsp3) is 0.111. The quantitative estimate of drug-likeness (QED) is 0.285. The zero-order valence-corrected chi connectivity index (χ0v) is 20.5. The number of allylic oxidation sites excluding steroid dienone is 6. The molecule has 0 aliphatic heterocycles. The van der Waals surface area contributed by atoms with Crippen molar-refractivity contribution in [2.45, 2.75) is 19.3 Å². The Bertz CT molecular complexity index is 1580. The van der Waals surface area contributed by atoms with E-state index in [4.69, 9.17) is 0 Å². The van der Waals surface area contributed by atoms with Crippen LogP contribution in [0.4, 0.5) is 0 Å². The third kappa shape index (κ3) is 3.37. The summed E-state index contributed by atoms with van der Waals surface area (Å²) < 4.78 is 0. The van der Waals surface area contributed by atoms with E-state index < -0.39 is 0 Å². The van der Waals surface area contributed by atoms with Gasteiger partial charge in [-0.05, 0) is 75.1 Å². The summed E-state index contributed by atoms with van der Waals surface area (Å²) >= 11 is 0. The highest BCUT2D eigenvalue weighted by molar-refractivity contribution is 5.91. The summed E-state index contributed by atoms with van der Waals surface area (Å²) in [4.78, 5) is 0. The molecule has 0 radical (unpaired) electrons. The van der Waals surface area contributed by atoms with Gasteiger partial charge in [0.05, 0.1) is 0 Å². The van der Waals surface area contributed by atoms with Crippen molar-refractivity contribution >= 4 is 17.7 Å². The molecule has 0 N–H and O–H groups in total. The highest BCUT2D eigenvalue weighted by Crippen LogP contribution is 2.54. The van der Waals surface area contributed by atoms with Crippen molar-refractivity contribution in [2.75, 3.05) is 0 Å². The van der Waals surface area contributed by atoms with E-state index in [1.54, 1.807) is 0 Å². The topological polar surface area (TPSA) is 0 Å². The maximum atomic E-state index is 2.45. The smallest absolute Gasteiger partial charge is 0.0208 e. The second kappa shape index (κ2) is 8.50. The van der Waals surface area contributed by atoms with Gasteiger partial charge in [0, 0.05) is 11.8 Å². The van der Waals surface area contributed by atoms with Gasteiger partial charge in [-0.2, -0.15) is 0 Å². The summed E-state index contributed by atoms with van der Waals surface area (Å²) in [7, 11) is 0. The van der Waals surface area contributed by atoms with E-state index in [-0.39, 0.29) is 0 Å². The normalized spacial score (nSPS) is 19.2. The Kier molecular flexibility index (Phi) is 4.99. The molecule has 4 aromatic rings. The van der Waals surface area contributed by atoms with Crippen LogP contribution in [0, 0.1) is 5.92 Å². The first kappa shape index (κ1) is 21.1.